The third kappa shape index (κ3) is 3.56. The second-order valence-electron chi connectivity index (χ2n) is 7.94. The fourth-order valence-corrected chi connectivity index (χ4v) is 4.42. The van der Waals surface area contributed by atoms with Gasteiger partial charge >= 0.3 is 0 Å². The highest BCUT2D eigenvalue weighted by Gasteiger charge is 2.47. The zero-order valence-electron chi connectivity index (χ0n) is 14.8. The molecule has 2 saturated heterocycles. The number of fused-ring (bicyclic) bond motifs is 1. The van der Waals surface area contributed by atoms with Gasteiger partial charge in [0.05, 0.1) is 17.7 Å². The zero-order valence-corrected chi connectivity index (χ0v) is 14.8. The maximum absolute atomic E-state index is 12.5. The number of likely N-dealkylation sites (tertiary alicyclic amines) is 2. The molecule has 0 bridgehead atoms. The van der Waals surface area contributed by atoms with Gasteiger partial charge in [0.1, 0.15) is 0 Å². The van der Waals surface area contributed by atoms with E-state index < -0.39 is 0 Å². The lowest BCUT2D eigenvalue weighted by Gasteiger charge is -2.26. The van der Waals surface area contributed by atoms with Crippen molar-refractivity contribution in [2.45, 2.75) is 37.9 Å². The minimum Gasteiger partial charge on any atom is -0.354 e. The Kier molecular flexibility index (Phi) is 4.49. The topological polar surface area (TPSA) is 59.4 Å². The molecule has 1 N–H and O–H groups in total. The molecule has 1 aromatic carbocycles. The lowest BCUT2D eigenvalue weighted by atomic mass is 10.0. The standard InChI is InChI=1S/C20H26N4O/c1-23-18(20(25)22-10-14-5-6-14)8-17-12-24(13-19(17)23)11-16-4-2-3-15(7-16)9-21/h2-4,7,14,17-19H,5-6,8,10-13H2,1H3,(H,22,25)/t17-,18-,19+/m1/s1. The molecular weight excluding hydrogens is 312 g/mol. The number of nitrogens with zero attached hydrogens (tertiary/aromatic N) is 3. The molecule has 3 fully saturated rings. The van der Waals surface area contributed by atoms with E-state index in [-0.39, 0.29) is 11.9 Å². The highest BCUT2D eigenvalue weighted by molar-refractivity contribution is 5.82. The average molecular weight is 338 g/mol. The van der Waals surface area contributed by atoms with Gasteiger partial charge in [-0.25, -0.2) is 0 Å². The summed E-state index contributed by atoms with van der Waals surface area (Å²) in [5.74, 6) is 1.52. The Bertz CT molecular complexity index is 693. The Labute approximate surface area is 149 Å². The highest BCUT2D eigenvalue weighted by atomic mass is 16.2. The van der Waals surface area contributed by atoms with Crippen LogP contribution in [0.15, 0.2) is 24.3 Å². The lowest BCUT2D eigenvalue weighted by molar-refractivity contribution is -0.125. The zero-order chi connectivity index (χ0) is 17.4. The Balaban J connectivity index is 1.32. The van der Waals surface area contributed by atoms with Crippen molar-refractivity contribution in [2.75, 3.05) is 26.7 Å². The predicted octanol–water partition coefficient (Wildman–Crippen LogP) is 1.59. The Morgan fingerprint density at radius 2 is 2.20 bits per heavy atom. The first-order valence-corrected chi connectivity index (χ1v) is 9.35. The van der Waals surface area contributed by atoms with E-state index >= 15 is 0 Å². The van der Waals surface area contributed by atoms with Crippen LogP contribution in [0, 0.1) is 23.2 Å². The number of carbonyl (C=O) groups excluding carboxylic acids is 1. The van der Waals surface area contributed by atoms with Crippen LogP contribution in [-0.4, -0.2) is 54.5 Å². The number of hydrogen-bond acceptors (Lipinski definition) is 4. The number of benzene rings is 1. The van der Waals surface area contributed by atoms with Crippen molar-refractivity contribution < 1.29 is 4.79 Å². The Morgan fingerprint density at radius 3 is 2.92 bits per heavy atom. The molecule has 2 aliphatic heterocycles. The third-order valence-electron chi connectivity index (χ3n) is 6.05. The van der Waals surface area contributed by atoms with Crippen LogP contribution in [0.3, 0.4) is 0 Å². The molecule has 25 heavy (non-hydrogen) atoms. The number of rotatable bonds is 5. The molecule has 3 atom stereocenters. The summed E-state index contributed by atoms with van der Waals surface area (Å²) >= 11 is 0. The molecule has 0 radical (unpaired) electrons. The molecule has 1 amide bonds. The summed E-state index contributed by atoms with van der Waals surface area (Å²) in [6.07, 6.45) is 3.51. The molecule has 0 unspecified atom stereocenters. The van der Waals surface area contributed by atoms with Gasteiger partial charge in [-0.15, -0.1) is 0 Å². The largest absolute Gasteiger partial charge is 0.354 e. The summed E-state index contributed by atoms with van der Waals surface area (Å²) in [5, 5.41) is 12.2. The van der Waals surface area contributed by atoms with Crippen LogP contribution in [0.5, 0.6) is 0 Å². The van der Waals surface area contributed by atoms with E-state index in [4.69, 9.17) is 5.26 Å². The summed E-state index contributed by atoms with van der Waals surface area (Å²) < 4.78 is 0. The average Bonchev–Trinajstić information content (AvgIpc) is 3.29. The van der Waals surface area contributed by atoms with Gasteiger partial charge in [0.15, 0.2) is 0 Å². The van der Waals surface area contributed by atoms with E-state index in [2.05, 4.69) is 34.3 Å². The van der Waals surface area contributed by atoms with Crippen molar-refractivity contribution in [1.29, 1.82) is 5.26 Å². The molecule has 2 heterocycles. The summed E-state index contributed by atoms with van der Waals surface area (Å²) in [5.41, 5.74) is 1.92. The first-order chi connectivity index (χ1) is 12.1. The number of nitriles is 1. The molecule has 0 aromatic heterocycles. The molecule has 0 spiro atoms. The minimum atomic E-state index is 0.0396. The molecule has 1 aromatic rings. The number of likely N-dealkylation sites (N-methyl/N-ethyl adjacent to an activating group) is 1. The first-order valence-electron chi connectivity index (χ1n) is 9.35. The van der Waals surface area contributed by atoms with Gasteiger partial charge in [0.2, 0.25) is 5.91 Å². The molecule has 5 nitrogen and oxygen atoms in total. The normalized spacial score (nSPS) is 29.4. The van der Waals surface area contributed by atoms with Crippen LogP contribution < -0.4 is 5.32 Å². The number of carbonyl (C=O) groups is 1. The van der Waals surface area contributed by atoms with Gasteiger partial charge < -0.3 is 5.32 Å². The third-order valence-corrected chi connectivity index (χ3v) is 6.05. The monoisotopic (exact) mass is 338 g/mol. The van der Waals surface area contributed by atoms with Crippen LogP contribution in [0.4, 0.5) is 0 Å². The second kappa shape index (κ2) is 6.78. The number of amides is 1. The van der Waals surface area contributed by atoms with Crippen molar-refractivity contribution in [2.24, 2.45) is 11.8 Å². The van der Waals surface area contributed by atoms with Gasteiger partial charge in [-0.2, -0.15) is 5.26 Å². The summed E-state index contributed by atoms with van der Waals surface area (Å²) in [6, 6.07) is 10.6. The van der Waals surface area contributed by atoms with Crippen LogP contribution in [-0.2, 0) is 11.3 Å². The maximum Gasteiger partial charge on any atom is 0.237 e. The van der Waals surface area contributed by atoms with E-state index in [1.165, 1.54) is 18.4 Å². The van der Waals surface area contributed by atoms with Gasteiger partial charge in [-0.3, -0.25) is 14.6 Å². The molecule has 4 rings (SSSR count). The Morgan fingerprint density at radius 1 is 1.36 bits per heavy atom. The minimum absolute atomic E-state index is 0.0396. The summed E-state index contributed by atoms with van der Waals surface area (Å²) in [6.45, 7) is 3.79. The second-order valence-corrected chi connectivity index (χ2v) is 7.94. The van der Waals surface area contributed by atoms with Crippen molar-refractivity contribution in [3.05, 3.63) is 35.4 Å². The summed E-state index contributed by atoms with van der Waals surface area (Å²) in [4.78, 5) is 17.2. The predicted molar refractivity (Wildman–Crippen MR) is 95.6 cm³/mol. The van der Waals surface area contributed by atoms with Gasteiger partial charge in [0.25, 0.3) is 0 Å². The van der Waals surface area contributed by atoms with Crippen LogP contribution in [0.1, 0.15) is 30.4 Å². The molecule has 5 heteroatoms. The molecule has 1 aliphatic carbocycles. The number of nitrogens with one attached hydrogen (secondary N) is 1. The number of hydrogen-bond donors (Lipinski definition) is 1. The van der Waals surface area contributed by atoms with Gasteiger partial charge in [-0.05, 0) is 55.8 Å². The van der Waals surface area contributed by atoms with Crippen molar-refractivity contribution in [3.8, 4) is 6.07 Å². The fraction of sp³-hybridized carbons (Fsp3) is 0.600. The summed E-state index contributed by atoms with van der Waals surface area (Å²) in [7, 11) is 2.10. The van der Waals surface area contributed by atoms with Crippen LogP contribution in [0.25, 0.3) is 0 Å². The van der Waals surface area contributed by atoms with E-state index in [1.54, 1.807) is 0 Å². The van der Waals surface area contributed by atoms with Crippen molar-refractivity contribution in [1.82, 2.24) is 15.1 Å². The highest BCUT2D eigenvalue weighted by Crippen LogP contribution is 2.35. The van der Waals surface area contributed by atoms with E-state index in [0.717, 1.165) is 44.1 Å². The van der Waals surface area contributed by atoms with Crippen LogP contribution >= 0.6 is 0 Å². The van der Waals surface area contributed by atoms with Gasteiger partial charge in [0, 0.05) is 32.2 Å². The quantitative estimate of drug-likeness (QED) is 0.886. The SMILES string of the molecule is CN1[C@@H](C(=O)NCC2CC2)C[C@@H]2CN(Cc3cccc(C#N)c3)C[C@@H]21. The smallest absolute Gasteiger partial charge is 0.237 e. The van der Waals surface area contributed by atoms with E-state index in [1.807, 2.05) is 18.2 Å². The first kappa shape index (κ1) is 16.6. The van der Waals surface area contributed by atoms with Gasteiger partial charge in [-0.1, -0.05) is 12.1 Å². The maximum atomic E-state index is 12.5. The van der Waals surface area contributed by atoms with E-state index in [0.29, 0.717) is 12.0 Å². The molecular formula is C20H26N4O. The molecule has 3 aliphatic rings. The van der Waals surface area contributed by atoms with Crippen molar-refractivity contribution in [3.63, 3.8) is 0 Å². The lowest BCUT2D eigenvalue weighted by Crippen LogP contribution is -2.46. The van der Waals surface area contributed by atoms with Crippen LogP contribution in [0.2, 0.25) is 0 Å². The van der Waals surface area contributed by atoms with Crippen molar-refractivity contribution >= 4 is 5.91 Å². The van der Waals surface area contributed by atoms with E-state index in [9.17, 15) is 4.79 Å². The Hall–Kier alpha value is -1.90. The molecule has 132 valence electrons. The fourth-order valence-electron chi connectivity index (χ4n) is 4.42. The molecule has 1 saturated carbocycles.